The van der Waals surface area contributed by atoms with Gasteiger partial charge in [0.2, 0.25) is 0 Å². The standard InChI is InChI=1S/C16H27N/c1-12(2)14-6-8-15(9-7-14)16(4,5)10-13(3)11-17/h6-9,12-13H,10-11,17H2,1-5H3. The quantitative estimate of drug-likeness (QED) is 0.815. The topological polar surface area (TPSA) is 26.0 Å². The molecule has 1 aromatic rings. The van der Waals surface area contributed by atoms with Crippen LogP contribution in [0.4, 0.5) is 0 Å². The van der Waals surface area contributed by atoms with Crippen molar-refractivity contribution in [2.45, 2.75) is 52.4 Å². The van der Waals surface area contributed by atoms with Gasteiger partial charge >= 0.3 is 0 Å². The molecule has 1 nitrogen and oxygen atoms in total. The molecule has 0 aliphatic heterocycles. The predicted octanol–water partition coefficient (Wildman–Crippen LogP) is 4.07. The van der Waals surface area contributed by atoms with Crippen molar-refractivity contribution >= 4 is 0 Å². The molecule has 0 saturated carbocycles. The number of nitrogens with two attached hydrogens (primary N) is 1. The summed E-state index contributed by atoms with van der Waals surface area (Å²) in [5, 5.41) is 0. The molecule has 1 rings (SSSR count). The van der Waals surface area contributed by atoms with Gasteiger partial charge in [-0.1, -0.05) is 58.9 Å². The summed E-state index contributed by atoms with van der Waals surface area (Å²) >= 11 is 0. The van der Waals surface area contributed by atoms with E-state index in [9.17, 15) is 0 Å². The lowest BCUT2D eigenvalue weighted by Gasteiger charge is -2.28. The molecule has 0 aliphatic rings. The van der Waals surface area contributed by atoms with E-state index in [4.69, 9.17) is 5.73 Å². The zero-order valence-electron chi connectivity index (χ0n) is 12.0. The van der Waals surface area contributed by atoms with E-state index in [1.165, 1.54) is 11.1 Å². The third-order valence-corrected chi connectivity index (χ3v) is 3.62. The fraction of sp³-hybridized carbons (Fsp3) is 0.625. The van der Waals surface area contributed by atoms with Gasteiger partial charge in [-0.05, 0) is 41.3 Å². The van der Waals surface area contributed by atoms with Gasteiger partial charge in [0.15, 0.2) is 0 Å². The molecule has 1 atom stereocenters. The molecule has 2 N–H and O–H groups in total. The second kappa shape index (κ2) is 5.68. The molecule has 0 spiro atoms. The van der Waals surface area contributed by atoms with E-state index < -0.39 is 0 Å². The fourth-order valence-corrected chi connectivity index (χ4v) is 2.39. The lowest BCUT2D eigenvalue weighted by Crippen LogP contribution is -2.24. The summed E-state index contributed by atoms with van der Waals surface area (Å²) in [6, 6.07) is 9.07. The van der Waals surface area contributed by atoms with Crippen molar-refractivity contribution in [3.05, 3.63) is 35.4 Å². The highest BCUT2D eigenvalue weighted by atomic mass is 14.5. The fourth-order valence-electron chi connectivity index (χ4n) is 2.39. The Hall–Kier alpha value is -0.820. The number of rotatable bonds is 5. The molecule has 0 saturated heterocycles. The molecule has 0 aliphatic carbocycles. The minimum atomic E-state index is 0.217. The van der Waals surface area contributed by atoms with Crippen LogP contribution in [0.1, 0.15) is 58.1 Å². The third-order valence-electron chi connectivity index (χ3n) is 3.62. The van der Waals surface area contributed by atoms with E-state index in [2.05, 4.69) is 58.9 Å². The molecule has 0 bridgehead atoms. The van der Waals surface area contributed by atoms with Gasteiger partial charge in [-0.3, -0.25) is 0 Å². The monoisotopic (exact) mass is 233 g/mol. The molecule has 0 aromatic heterocycles. The molecule has 0 fully saturated rings. The Kier molecular flexibility index (Phi) is 4.76. The zero-order valence-corrected chi connectivity index (χ0v) is 12.0. The largest absolute Gasteiger partial charge is 0.330 e. The van der Waals surface area contributed by atoms with Crippen LogP contribution in [0.5, 0.6) is 0 Å². The zero-order chi connectivity index (χ0) is 13.1. The van der Waals surface area contributed by atoms with Crippen LogP contribution in [-0.4, -0.2) is 6.54 Å². The van der Waals surface area contributed by atoms with E-state index in [0.29, 0.717) is 11.8 Å². The number of hydrogen-bond acceptors (Lipinski definition) is 1. The third kappa shape index (κ3) is 3.85. The molecule has 0 radical (unpaired) electrons. The summed E-state index contributed by atoms with van der Waals surface area (Å²) in [4.78, 5) is 0. The van der Waals surface area contributed by atoms with E-state index in [-0.39, 0.29) is 5.41 Å². The van der Waals surface area contributed by atoms with Crippen LogP contribution in [0.2, 0.25) is 0 Å². The van der Waals surface area contributed by atoms with Gasteiger partial charge in [0, 0.05) is 0 Å². The minimum Gasteiger partial charge on any atom is -0.330 e. The lowest BCUT2D eigenvalue weighted by molar-refractivity contribution is 0.385. The van der Waals surface area contributed by atoms with Crippen LogP contribution in [0.25, 0.3) is 0 Å². The lowest BCUT2D eigenvalue weighted by atomic mass is 9.77. The van der Waals surface area contributed by atoms with E-state index in [0.717, 1.165) is 13.0 Å². The van der Waals surface area contributed by atoms with Crippen molar-refractivity contribution < 1.29 is 0 Å². The maximum Gasteiger partial charge on any atom is -0.00512 e. The second-order valence-corrected chi connectivity index (χ2v) is 6.21. The molecular weight excluding hydrogens is 206 g/mol. The first-order chi connectivity index (χ1) is 7.86. The highest BCUT2D eigenvalue weighted by Crippen LogP contribution is 2.31. The molecule has 17 heavy (non-hydrogen) atoms. The van der Waals surface area contributed by atoms with E-state index in [1.807, 2.05) is 0 Å². The number of benzene rings is 1. The summed E-state index contributed by atoms with van der Waals surface area (Å²) in [5.41, 5.74) is 8.77. The van der Waals surface area contributed by atoms with E-state index in [1.54, 1.807) is 0 Å². The van der Waals surface area contributed by atoms with Crippen molar-refractivity contribution in [2.24, 2.45) is 11.7 Å². The highest BCUT2D eigenvalue weighted by Gasteiger charge is 2.22. The van der Waals surface area contributed by atoms with Crippen molar-refractivity contribution in [1.29, 1.82) is 0 Å². The molecule has 1 aromatic carbocycles. The first-order valence-corrected chi connectivity index (χ1v) is 6.67. The molecule has 96 valence electrons. The molecule has 1 heteroatoms. The maximum absolute atomic E-state index is 5.72. The minimum absolute atomic E-state index is 0.217. The van der Waals surface area contributed by atoms with Gasteiger partial charge in [-0.25, -0.2) is 0 Å². The van der Waals surface area contributed by atoms with Gasteiger partial charge in [-0.2, -0.15) is 0 Å². The normalized spacial score (nSPS) is 14.1. The smallest absolute Gasteiger partial charge is 0.00512 e. The first-order valence-electron chi connectivity index (χ1n) is 6.67. The Balaban J connectivity index is 2.84. The van der Waals surface area contributed by atoms with E-state index >= 15 is 0 Å². The molecule has 0 heterocycles. The van der Waals surface area contributed by atoms with Crippen LogP contribution in [-0.2, 0) is 5.41 Å². The van der Waals surface area contributed by atoms with Crippen LogP contribution in [0.15, 0.2) is 24.3 Å². The van der Waals surface area contributed by atoms with Crippen molar-refractivity contribution in [3.63, 3.8) is 0 Å². The van der Waals surface area contributed by atoms with Crippen LogP contribution < -0.4 is 5.73 Å². The Bertz CT molecular complexity index is 335. The second-order valence-electron chi connectivity index (χ2n) is 6.21. The number of hydrogen-bond donors (Lipinski definition) is 1. The summed E-state index contributed by atoms with van der Waals surface area (Å²) in [7, 11) is 0. The Morgan fingerprint density at radius 3 is 2.00 bits per heavy atom. The first kappa shape index (κ1) is 14.2. The van der Waals surface area contributed by atoms with Gasteiger partial charge in [-0.15, -0.1) is 0 Å². The Morgan fingerprint density at radius 2 is 1.59 bits per heavy atom. The van der Waals surface area contributed by atoms with Crippen molar-refractivity contribution in [2.75, 3.05) is 6.54 Å². The van der Waals surface area contributed by atoms with Gasteiger partial charge in [0.05, 0.1) is 0 Å². The van der Waals surface area contributed by atoms with Crippen LogP contribution in [0.3, 0.4) is 0 Å². The van der Waals surface area contributed by atoms with Gasteiger partial charge < -0.3 is 5.73 Å². The summed E-state index contributed by atoms with van der Waals surface area (Å²) in [6.45, 7) is 12.1. The molecular formula is C16H27N. The summed E-state index contributed by atoms with van der Waals surface area (Å²) in [6.07, 6.45) is 1.14. The molecule has 0 amide bonds. The summed E-state index contributed by atoms with van der Waals surface area (Å²) < 4.78 is 0. The predicted molar refractivity (Wildman–Crippen MR) is 76.4 cm³/mol. The SMILES string of the molecule is CC(CN)CC(C)(C)c1ccc(C(C)C)cc1. The van der Waals surface area contributed by atoms with Gasteiger partial charge in [0.25, 0.3) is 0 Å². The Morgan fingerprint density at radius 1 is 1.06 bits per heavy atom. The summed E-state index contributed by atoms with van der Waals surface area (Å²) in [5.74, 6) is 1.19. The van der Waals surface area contributed by atoms with Crippen molar-refractivity contribution in [1.82, 2.24) is 0 Å². The van der Waals surface area contributed by atoms with Crippen molar-refractivity contribution in [3.8, 4) is 0 Å². The average molecular weight is 233 g/mol. The van der Waals surface area contributed by atoms with Crippen LogP contribution >= 0.6 is 0 Å². The maximum atomic E-state index is 5.72. The van der Waals surface area contributed by atoms with Crippen LogP contribution in [0, 0.1) is 5.92 Å². The van der Waals surface area contributed by atoms with Gasteiger partial charge in [0.1, 0.15) is 0 Å². The average Bonchev–Trinajstić information content (AvgIpc) is 2.28. The highest BCUT2D eigenvalue weighted by molar-refractivity contribution is 5.29. The Labute approximate surface area is 106 Å². The molecule has 1 unspecified atom stereocenters.